The van der Waals surface area contributed by atoms with Gasteiger partial charge in [0.2, 0.25) is 0 Å². The first-order valence-corrected chi connectivity index (χ1v) is 6.25. The minimum Gasteiger partial charge on any atom is -0.495 e. The van der Waals surface area contributed by atoms with Crippen LogP contribution < -0.4 is 10.1 Å². The van der Waals surface area contributed by atoms with Crippen LogP contribution in [0.25, 0.3) is 0 Å². The lowest BCUT2D eigenvalue weighted by Gasteiger charge is -2.08. The number of halogens is 1. The molecule has 3 nitrogen and oxygen atoms in total. The van der Waals surface area contributed by atoms with Crippen molar-refractivity contribution in [2.24, 2.45) is 0 Å². The quantitative estimate of drug-likeness (QED) is 0.908. The molecule has 2 aromatic carbocycles. The molecule has 0 amide bonds. The predicted molar refractivity (Wildman–Crippen MR) is 74.7 cm³/mol. The minimum absolute atomic E-state index is 0.211. The molecular weight excluding hydrogens is 255 g/mol. The third-order valence-corrected chi connectivity index (χ3v) is 2.99. The summed E-state index contributed by atoms with van der Waals surface area (Å²) in [5, 5.41) is 12.1. The van der Waals surface area contributed by atoms with Gasteiger partial charge in [-0.25, -0.2) is 4.39 Å². The molecule has 0 fully saturated rings. The van der Waals surface area contributed by atoms with E-state index in [1.165, 1.54) is 13.2 Å². The summed E-state index contributed by atoms with van der Waals surface area (Å²) in [6.45, 7) is 1.03. The molecule has 4 heteroatoms. The molecule has 0 saturated heterocycles. The Hall–Kier alpha value is -2.38. The van der Waals surface area contributed by atoms with Crippen LogP contribution in [0.15, 0.2) is 42.5 Å². The molecule has 0 heterocycles. The van der Waals surface area contributed by atoms with Gasteiger partial charge in [-0.1, -0.05) is 24.3 Å². The van der Waals surface area contributed by atoms with Crippen molar-refractivity contribution in [2.75, 3.05) is 7.11 Å². The zero-order chi connectivity index (χ0) is 14.4. The van der Waals surface area contributed by atoms with Gasteiger partial charge in [-0.15, -0.1) is 0 Å². The lowest BCUT2D eigenvalue weighted by Crippen LogP contribution is -2.13. The molecule has 0 atom stereocenters. The average Bonchev–Trinajstić information content (AvgIpc) is 2.49. The smallest absolute Gasteiger partial charge is 0.136 e. The summed E-state index contributed by atoms with van der Waals surface area (Å²) in [6.07, 6.45) is 0. The minimum atomic E-state index is -0.211. The van der Waals surface area contributed by atoms with Crippen LogP contribution in [0.5, 0.6) is 5.75 Å². The van der Waals surface area contributed by atoms with Crippen LogP contribution in [-0.4, -0.2) is 7.11 Å². The van der Waals surface area contributed by atoms with Crippen LogP contribution in [0, 0.1) is 17.1 Å². The summed E-state index contributed by atoms with van der Waals surface area (Å²) in [6, 6.07) is 14.1. The van der Waals surface area contributed by atoms with Crippen LogP contribution in [0.2, 0.25) is 0 Å². The second-order valence-corrected chi connectivity index (χ2v) is 4.34. The Kier molecular flexibility index (Phi) is 4.70. The molecule has 0 aromatic heterocycles. The summed E-state index contributed by atoms with van der Waals surface area (Å²) < 4.78 is 18.6. The van der Waals surface area contributed by atoms with E-state index in [9.17, 15) is 4.39 Å². The van der Waals surface area contributed by atoms with E-state index < -0.39 is 0 Å². The largest absolute Gasteiger partial charge is 0.495 e. The van der Waals surface area contributed by atoms with Crippen molar-refractivity contribution >= 4 is 0 Å². The van der Waals surface area contributed by atoms with E-state index in [1.807, 2.05) is 18.2 Å². The van der Waals surface area contributed by atoms with Crippen LogP contribution in [0.1, 0.15) is 16.7 Å². The Bertz CT molecular complexity index is 635. The first-order valence-electron chi connectivity index (χ1n) is 6.25. The Morgan fingerprint density at radius 1 is 1.20 bits per heavy atom. The van der Waals surface area contributed by atoms with Crippen molar-refractivity contribution in [1.29, 1.82) is 5.26 Å². The molecule has 0 aliphatic carbocycles. The summed E-state index contributed by atoms with van der Waals surface area (Å²) in [5.41, 5.74) is 2.12. The average molecular weight is 270 g/mol. The highest BCUT2D eigenvalue weighted by molar-refractivity contribution is 5.45. The maximum Gasteiger partial charge on any atom is 0.136 e. The van der Waals surface area contributed by atoms with E-state index in [-0.39, 0.29) is 5.82 Å². The zero-order valence-corrected chi connectivity index (χ0v) is 11.2. The molecule has 0 spiro atoms. The number of ether oxygens (including phenoxy) is 1. The van der Waals surface area contributed by atoms with E-state index >= 15 is 0 Å². The zero-order valence-electron chi connectivity index (χ0n) is 11.2. The molecule has 0 unspecified atom stereocenters. The fourth-order valence-electron chi connectivity index (χ4n) is 1.92. The number of rotatable bonds is 5. The van der Waals surface area contributed by atoms with Crippen LogP contribution >= 0.6 is 0 Å². The first-order chi connectivity index (χ1) is 9.74. The molecule has 2 aromatic rings. The van der Waals surface area contributed by atoms with Gasteiger partial charge >= 0.3 is 0 Å². The summed E-state index contributed by atoms with van der Waals surface area (Å²) >= 11 is 0. The number of nitrogens with one attached hydrogen (secondary N) is 1. The summed E-state index contributed by atoms with van der Waals surface area (Å²) in [7, 11) is 1.53. The molecule has 20 heavy (non-hydrogen) atoms. The molecule has 0 aliphatic rings. The lowest BCUT2D eigenvalue weighted by atomic mass is 10.1. The summed E-state index contributed by atoms with van der Waals surface area (Å²) in [5.74, 6) is 0.343. The van der Waals surface area contributed by atoms with E-state index in [0.29, 0.717) is 30.0 Å². The SMILES string of the molecule is COc1cc(CNCc2ccccc2F)ccc1C#N. The Labute approximate surface area is 117 Å². The standard InChI is InChI=1S/C16H15FN2O/c1-20-16-8-12(6-7-13(16)9-18)10-19-11-14-4-2-3-5-15(14)17/h2-8,19H,10-11H2,1H3. The number of benzene rings is 2. The molecule has 102 valence electrons. The first kappa shape index (κ1) is 14.0. The van der Waals surface area contributed by atoms with Gasteiger partial charge in [0.15, 0.2) is 0 Å². The van der Waals surface area contributed by atoms with Gasteiger partial charge in [0.25, 0.3) is 0 Å². The number of hydrogen-bond donors (Lipinski definition) is 1. The third-order valence-electron chi connectivity index (χ3n) is 2.99. The van der Waals surface area contributed by atoms with E-state index in [4.69, 9.17) is 10.00 Å². The van der Waals surface area contributed by atoms with Crippen LogP contribution in [-0.2, 0) is 13.1 Å². The maximum absolute atomic E-state index is 13.4. The highest BCUT2D eigenvalue weighted by Gasteiger charge is 2.04. The second-order valence-electron chi connectivity index (χ2n) is 4.34. The molecule has 0 saturated carbocycles. The fraction of sp³-hybridized carbons (Fsp3) is 0.188. The Morgan fingerprint density at radius 2 is 2.00 bits per heavy atom. The summed E-state index contributed by atoms with van der Waals surface area (Å²) in [4.78, 5) is 0. The van der Waals surface area contributed by atoms with Crippen molar-refractivity contribution in [1.82, 2.24) is 5.32 Å². The van der Waals surface area contributed by atoms with E-state index in [2.05, 4.69) is 11.4 Å². The highest BCUT2D eigenvalue weighted by Crippen LogP contribution is 2.19. The molecular formula is C16H15FN2O. The predicted octanol–water partition coefficient (Wildman–Crippen LogP) is 3.00. The van der Waals surface area contributed by atoms with Gasteiger partial charge < -0.3 is 10.1 Å². The lowest BCUT2D eigenvalue weighted by molar-refractivity contribution is 0.412. The highest BCUT2D eigenvalue weighted by atomic mass is 19.1. The van der Waals surface area contributed by atoms with Gasteiger partial charge in [-0.3, -0.25) is 0 Å². The van der Waals surface area contributed by atoms with Crippen molar-refractivity contribution in [3.8, 4) is 11.8 Å². The van der Waals surface area contributed by atoms with Crippen LogP contribution in [0.4, 0.5) is 4.39 Å². The molecule has 1 N–H and O–H groups in total. The van der Waals surface area contributed by atoms with Gasteiger partial charge in [0, 0.05) is 18.7 Å². The van der Waals surface area contributed by atoms with Gasteiger partial charge in [-0.2, -0.15) is 5.26 Å². The number of methoxy groups -OCH3 is 1. The Balaban J connectivity index is 1.98. The van der Waals surface area contributed by atoms with Crippen molar-refractivity contribution in [3.63, 3.8) is 0 Å². The number of nitriles is 1. The van der Waals surface area contributed by atoms with Gasteiger partial charge in [0.05, 0.1) is 12.7 Å². The third kappa shape index (κ3) is 3.34. The molecule has 0 bridgehead atoms. The number of nitrogens with zero attached hydrogens (tertiary/aromatic N) is 1. The maximum atomic E-state index is 13.4. The van der Waals surface area contributed by atoms with E-state index in [0.717, 1.165) is 5.56 Å². The van der Waals surface area contributed by atoms with Gasteiger partial charge in [0.1, 0.15) is 17.6 Å². The second kappa shape index (κ2) is 6.69. The van der Waals surface area contributed by atoms with E-state index in [1.54, 1.807) is 18.2 Å². The normalized spacial score (nSPS) is 10.1. The number of hydrogen-bond acceptors (Lipinski definition) is 3. The molecule has 0 radical (unpaired) electrons. The van der Waals surface area contributed by atoms with Crippen molar-refractivity contribution in [3.05, 3.63) is 65.0 Å². The Morgan fingerprint density at radius 3 is 2.70 bits per heavy atom. The fourth-order valence-corrected chi connectivity index (χ4v) is 1.92. The van der Waals surface area contributed by atoms with Crippen molar-refractivity contribution in [2.45, 2.75) is 13.1 Å². The molecule has 2 rings (SSSR count). The monoisotopic (exact) mass is 270 g/mol. The topological polar surface area (TPSA) is 45.0 Å². The molecule has 0 aliphatic heterocycles. The van der Waals surface area contributed by atoms with Gasteiger partial charge in [-0.05, 0) is 23.8 Å². The van der Waals surface area contributed by atoms with Crippen molar-refractivity contribution < 1.29 is 9.13 Å². The van der Waals surface area contributed by atoms with Crippen LogP contribution in [0.3, 0.4) is 0 Å².